The fourth-order valence-corrected chi connectivity index (χ4v) is 4.21. The highest BCUT2D eigenvalue weighted by Gasteiger charge is 2.14. The van der Waals surface area contributed by atoms with E-state index in [1.807, 2.05) is 0 Å². The molecule has 1 heterocycles. The van der Waals surface area contributed by atoms with E-state index in [2.05, 4.69) is 76.9 Å². The van der Waals surface area contributed by atoms with E-state index in [-0.39, 0.29) is 0 Å². The number of fused-ring (bicyclic) bond motifs is 5. The minimum Gasteiger partial charge on any atom is -0.304 e. The highest BCUT2D eigenvalue weighted by molar-refractivity contribution is 6.18. The monoisotopic (exact) mass is 326 g/mol. The smallest absolute Gasteiger partial charge is 0.0483 e. The van der Waals surface area contributed by atoms with Crippen LogP contribution in [0.5, 0.6) is 0 Å². The Bertz CT molecular complexity index is 1060. The van der Waals surface area contributed by atoms with Gasteiger partial charge in [0.2, 0.25) is 0 Å². The maximum Gasteiger partial charge on any atom is 0.0483 e. The maximum absolute atomic E-state index is 3.50. The predicted molar refractivity (Wildman–Crippen MR) is 107 cm³/mol. The van der Waals surface area contributed by atoms with Gasteiger partial charge < -0.3 is 5.32 Å². The van der Waals surface area contributed by atoms with Crippen molar-refractivity contribution in [1.29, 1.82) is 0 Å². The van der Waals surface area contributed by atoms with Crippen molar-refractivity contribution < 1.29 is 0 Å². The molecule has 0 radical (unpaired) electrons. The minimum atomic E-state index is 0.985. The average molecular weight is 326 g/mol. The third-order valence-corrected chi connectivity index (χ3v) is 5.39. The van der Waals surface area contributed by atoms with Crippen LogP contribution in [0.25, 0.3) is 32.3 Å². The summed E-state index contributed by atoms with van der Waals surface area (Å²) in [5, 5.41) is 11.7. The van der Waals surface area contributed by atoms with E-state index in [1.54, 1.807) is 0 Å². The zero-order chi connectivity index (χ0) is 16.6. The highest BCUT2D eigenvalue weighted by atomic mass is 15.2. The van der Waals surface area contributed by atoms with Gasteiger partial charge in [0.25, 0.3) is 0 Å². The molecule has 0 aromatic heterocycles. The molecule has 0 saturated carbocycles. The van der Waals surface area contributed by atoms with Crippen LogP contribution in [0.15, 0.2) is 66.7 Å². The van der Waals surface area contributed by atoms with E-state index >= 15 is 0 Å². The lowest BCUT2D eigenvalue weighted by Crippen LogP contribution is -2.40. The molecule has 1 aliphatic heterocycles. The molecule has 25 heavy (non-hydrogen) atoms. The van der Waals surface area contributed by atoms with Crippen LogP contribution in [0, 0.1) is 0 Å². The molecule has 2 heteroatoms. The molecule has 4 aromatic rings. The second-order valence-corrected chi connectivity index (χ2v) is 7.03. The molecule has 1 N–H and O–H groups in total. The van der Waals surface area contributed by atoms with Crippen LogP contribution in [0.2, 0.25) is 0 Å². The van der Waals surface area contributed by atoms with Crippen LogP contribution in [-0.2, 0) is 6.54 Å². The largest absolute Gasteiger partial charge is 0.304 e. The standard InChI is InChI=1S/C23H22N2/c1-4-9-21-17(6-1)10-11-22-20-8-3-2-7-18(20)14-19(23(21)22)15-25-13-5-12-24-16-25/h1-4,6-11,14,24H,5,12-13,15-16H2. The van der Waals surface area contributed by atoms with Crippen LogP contribution >= 0.6 is 0 Å². The normalized spacial score (nSPS) is 16.0. The summed E-state index contributed by atoms with van der Waals surface area (Å²) in [5.41, 5.74) is 1.44. The first-order valence-corrected chi connectivity index (χ1v) is 9.15. The number of nitrogens with zero attached hydrogens (tertiary/aromatic N) is 1. The van der Waals surface area contributed by atoms with E-state index in [0.717, 1.165) is 19.8 Å². The molecule has 1 saturated heterocycles. The lowest BCUT2D eigenvalue weighted by atomic mass is 9.92. The summed E-state index contributed by atoms with van der Waals surface area (Å²) in [5.74, 6) is 0. The Morgan fingerprint density at radius 3 is 2.44 bits per heavy atom. The minimum absolute atomic E-state index is 0.985. The number of benzene rings is 4. The van der Waals surface area contributed by atoms with Gasteiger partial charge in [-0.25, -0.2) is 0 Å². The predicted octanol–water partition coefficient (Wildman–Crippen LogP) is 4.90. The Labute approximate surface area is 148 Å². The van der Waals surface area contributed by atoms with Crippen molar-refractivity contribution in [3.63, 3.8) is 0 Å². The lowest BCUT2D eigenvalue weighted by Gasteiger charge is -2.28. The second kappa shape index (κ2) is 6.14. The fraction of sp³-hybridized carbons (Fsp3) is 0.217. The topological polar surface area (TPSA) is 15.3 Å². The van der Waals surface area contributed by atoms with E-state index in [0.29, 0.717) is 0 Å². The van der Waals surface area contributed by atoms with E-state index in [4.69, 9.17) is 0 Å². The van der Waals surface area contributed by atoms with E-state index < -0.39 is 0 Å². The quantitative estimate of drug-likeness (QED) is 0.527. The number of hydrogen-bond donors (Lipinski definition) is 1. The van der Waals surface area contributed by atoms with E-state index in [9.17, 15) is 0 Å². The van der Waals surface area contributed by atoms with Crippen LogP contribution in [0.1, 0.15) is 12.0 Å². The zero-order valence-corrected chi connectivity index (χ0v) is 14.3. The van der Waals surface area contributed by atoms with Gasteiger partial charge in [-0.2, -0.15) is 0 Å². The van der Waals surface area contributed by atoms with Crippen LogP contribution < -0.4 is 5.32 Å². The van der Waals surface area contributed by atoms with Crippen molar-refractivity contribution in [3.8, 4) is 0 Å². The lowest BCUT2D eigenvalue weighted by molar-refractivity contribution is 0.208. The molecule has 0 unspecified atom stereocenters. The molecule has 0 spiro atoms. The van der Waals surface area contributed by atoms with E-state index in [1.165, 1.54) is 50.8 Å². The summed E-state index contributed by atoms with van der Waals surface area (Å²) in [6.45, 7) is 4.30. The first-order chi connectivity index (χ1) is 12.4. The van der Waals surface area contributed by atoms with Gasteiger partial charge in [0.15, 0.2) is 0 Å². The van der Waals surface area contributed by atoms with Crippen molar-refractivity contribution in [2.45, 2.75) is 13.0 Å². The molecule has 0 atom stereocenters. The molecule has 1 aliphatic rings. The fourth-order valence-electron chi connectivity index (χ4n) is 4.21. The first-order valence-electron chi connectivity index (χ1n) is 9.15. The van der Waals surface area contributed by atoms with Crippen LogP contribution in [-0.4, -0.2) is 24.7 Å². The Balaban J connectivity index is 1.81. The molecule has 5 rings (SSSR count). The third-order valence-electron chi connectivity index (χ3n) is 5.39. The van der Waals surface area contributed by atoms with Gasteiger partial charge >= 0.3 is 0 Å². The Hall–Kier alpha value is -2.42. The van der Waals surface area contributed by atoms with Gasteiger partial charge in [-0.15, -0.1) is 0 Å². The average Bonchev–Trinajstić information content (AvgIpc) is 2.68. The van der Waals surface area contributed by atoms with Gasteiger partial charge in [-0.1, -0.05) is 60.7 Å². The van der Waals surface area contributed by atoms with Crippen LogP contribution in [0.4, 0.5) is 0 Å². The summed E-state index contributed by atoms with van der Waals surface area (Å²) in [7, 11) is 0. The van der Waals surface area contributed by atoms with Crippen molar-refractivity contribution in [3.05, 3.63) is 72.3 Å². The summed E-state index contributed by atoms with van der Waals surface area (Å²) < 4.78 is 0. The SMILES string of the molecule is c1ccc2c(c1)cc(CN1CCCNC1)c1c3ccccc3ccc21. The summed E-state index contributed by atoms with van der Waals surface area (Å²) in [6, 6.07) is 24.5. The molecular formula is C23H22N2. The molecule has 0 bridgehead atoms. The highest BCUT2D eigenvalue weighted by Crippen LogP contribution is 2.34. The first kappa shape index (κ1) is 14.9. The zero-order valence-electron chi connectivity index (χ0n) is 14.3. The molecular weight excluding hydrogens is 304 g/mol. The maximum atomic E-state index is 3.50. The van der Waals surface area contributed by atoms with Crippen molar-refractivity contribution in [2.24, 2.45) is 0 Å². The Morgan fingerprint density at radius 1 is 0.800 bits per heavy atom. The van der Waals surface area contributed by atoms with Gasteiger partial charge in [0.05, 0.1) is 0 Å². The number of nitrogens with one attached hydrogen (secondary N) is 1. The van der Waals surface area contributed by atoms with Gasteiger partial charge in [-0.3, -0.25) is 4.90 Å². The van der Waals surface area contributed by atoms with Crippen molar-refractivity contribution in [1.82, 2.24) is 10.2 Å². The van der Waals surface area contributed by atoms with Gasteiger partial charge in [-0.05, 0) is 56.9 Å². The van der Waals surface area contributed by atoms with Crippen LogP contribution in [0.3, 0.4) is 0 Å². The van der Waals surface area contributed by atoms with Gasteiger partial charge in [0.1, 0.15) is 0 Å². The van der Waals surface area contributed by atoms with Crippen molar-refractivity contribution in [2.75, 3.05) is 19.8 Å². The summed E-state index contributed by atoms with van der Waals surface area (Å²) in [6.07, 6.45) is 1.23. The third kappa shape index (κ3) is 2.58. The molecule has 124 valence electrons. The molecule has 0 amide bonds. The number of rotatable bonds is 2. The molecule has 1 fully saturated rings. The summed E-state index contributed by atoms with van der Waals surface area (Å²) in [4.78, 5) is 2.52. The second-order valence-electron chi connectivity index (χ2n) is 7.03. The van der Waals surface area contributed by atoms with Gasteiger partial charge in [0, 0.05) is 19.8 Å². The number of hydrogen-bond acceptors (Lipinski definition) is 2. The van der Waals surface area contributed by atoms with Crippen molar-refractivity contribution >= 4 is 32.3 Å². The summed E-state index contributed by atoms with van der Waals surface area (Å²) >= 11 is 0. The Kier molecular flexibility index (Phi) is 3.66. The molecule has 2 nitrogen and oxygen atoms in total. The molecule has 0 aliphatic carbocycles. The Morgan fingerprint density at radius 2 is 1.60 bits per heavy atom. The molecule has 4 aromatic carbocycles.